The number of pyridine rings is 1. The van der Waals surface area contributed by atoms with Crippen LogP contribution in [0, 0.1) is 0 Å². The van der Waals surface area contributed by atoms with Gasteiger partial charge in [-0.25, -0.2) is 4.98 Å². The van der Waals surface area contributed by atoms with Crippen molar-refractivity contribution in [2.75, 3.05) is 0 Å². The van der Waals surface area contributed by atoms with Crippen molar-refractivity contribution in [3.63, 3.8) is 0 Å². The highest BCUT2D eigenvalue weighted by Gasteiger charge is 2.20. The van der Waals surface area contributed by atoms with Gasteiger partial charge in [-0.3, -0.25) is 0 Å². The van der Waals surface area contributed by atoms with Crippen LogP contribution in [0.2, 0.25) is 0 Å². The number of H-pyrrole nitrogens is 1. The Morgan fingerprint density at radius 1 is 1.50 bits per heavy atom. The summed E-state index contributed by atoms with van der Waals surface area (Å²) in [5.41, 5.74) is 3.46. The van der Waals surface area contributed by atoms with Gasteiger partial charge in [0.25, 0.3) is 0 Å². The van der Waals surface area contributed by atoms with Crippen LogP contribution >= 0.6 is 0 Å². The van der Waals surface area contributed by atoms with Gasteiger partial charge in [-0.2, -0.15) is 0 Å². The Bertz CT molecular complexity index is 475. The molecule has 0 saturated heterocycles. The van der Waals surface area contributed by atoms with Gasteiger partial charge in [-0.05, 0) is 30.5 Å². The van der Waals surface area contributed by atoms with Gasteiger partial charge in [0.1, 0.15) is 5.65 Å². The Balaban J connectivity index is 2.25. The third kappa shape index (κ3) is 1.06. The van der Waals surface area contributed by atoms with Crippen LogP contribution in [0.15, 0.2) is 18.3 Å². The Morgan fingerprint density at radius 3 is 3.36 bits per heavy atom. The summed E-state index contributed by atoms with van der Waals surface area (Å²) in [7, 11) is 0. The van der Waals surface area contributed by atoms with Gasteiger partial charge >= 0.3 is 0 Å². The highest BCUT2D eigenvalue weighted by atomic mass is 16.3. The first-order valence-electron chi connectivity index (χ1n) is 4.97. The second kappa shape index (κ2) is 2.82. The van der Waals surface area contributed by atoms with E-state index >= 15 is 0 Å². The Kier molecular flexibility index (Phi) is 1.61. The molecule has 2 aromatic heterocycles. The number of hydrogen-bond acceptors (Lipinski definition) is 2. The van der Waals surface area contributed by atoms with E-state index in [-0.39, 0.29) is 6.10 Å². The summed E-state index contributed by atoms with van der Waals surface area (Å²) in [4.78, 5) is 7.59. The van der Waals surface area contributed by atoms with E-state index in [0.29, 0.717) is 0 Å². The Hall–Kier alpha value is -1.35. The van der Waals surface area contributed by atoms with Crippen molar-refractivity contribution < 1.29 is 5.11 Å². The van der Waals surface area contributed by atoms with Crippen LogP contribution in [0.25, 0.3) is 11.0 Å². The minimum atomic E-state index is -0.179. The van der Waals surface area contributed by atoms with E-state index in [0.717, 1.165) is 24.9 Å². The quantitative estimate of drug-likeness (QED) is 0.656. The maximum absolute atomic E-state index is 9.60. The average molecular weight is 188 g/mol. The number of aryl methyl sites for hydroxylation is 1. The number of aromatic nitrogens is 2. The fourth-order valence-electron chi connectivity index (χ4n) is 2.22. The standard InChI is InChI=1S/C11H12N2O/c14-7-3-4-10-9(6-7)8-2-1-5-12-11(8)13-10/h1-2,5,7,14H,3-4,6H2,(H,12,13)/t7-/m0/s1. The molecule has 3 rings (SSSR count). The van der Waals surface area contributed by atoms with Gasteiger partial charge in [0.2, 0.25) is 0 Å². The van der Waals surface area contributed by atoms with Gasteiger partial charge < -0.3 is 10.1 Å². The average Bonchev–Trinajstić information content (AvgIpc) is 2.56. The van der Waals surface area contributed by atoms with Crippen molar-refractivity contribution in [3.8, 4) is 0 Å². The Morgan fingerprint density at radius 2 is 2.43 bits per heavy atom. The first-order valence-corrected chi connectivity index (χ1v) is 4.97. The second-order valence-electron chi connectivity index (χ2n) is 3.88. The smallest absolute Gasteiger partial charge is 0.137 e. The monoisotopic (exact) mass is 188 g/mol. The molecule has 1 aliphatic rings. The van der Waals surface area contributed by atoms with E-state index in [9.17, 15) is 5.11 Å². The molecule has 2 aromatic rings. The number of nitrogens with zero attached hydrogens (tertiary/aromatic N) is 1. The third-order valence-corrected chi connectivity index (χ3v) is 2.93. The predicted octanol–water partition coefficient (Wildman–Crippen LogP) is 1.41. The zero-order chi connectivity index (χ0) is 9.54. The lowest BCUT2D eigenvalue weighted by atomic mass is 9.94. The molecule has 1 atom stereocenters. The number of nitrogens with one attached hydrogen (secondary N) is 1. The lowest BCUT2D eigenvalue weighted by Crippen LogP contribution is -2.17. The molecule has 72 valence electrons. The van der Waals surface area contributed by atoms with Gasteiger partial charge in [-0.1, -0.05) is 0 Å². The molecule has 2 heterocycles. The lowest BCUT2D eigenvalue weighted by Gasteiger charge is -2.16. The second-order valence-corrected chi connectivity index (χ2v) is 3.88. The van der Waals surface area contributed by atoms with E-state index in [1.165, 1.54) is 16.6 Å². The molecule has 0 radical (unpaired) electrons. The first-order chi connectivity index (χ1) is 6.84. The van der Waals surface area contributed by atoms with Crippen LogP contribution in [0.1, 0.15) is 17.7 Å². The van der Waals surface area contributed by atoms with E-state index < -0.39 is 0 Å². The maximum Gasteiger partial charge on any atom is 0.137 e. The number of aliphatic hydroxyl groups is 1. The molecule has 0 amide bonds. The highest BCUT2D eigenvalue weighted by Crippen LogP contribution is 2.27. The molecular formula is C11H12N2O. The summed E-state index contributed by atoms with van der Waals surface area (Å²) in [5.74, 6) is 0. The van der Waals surface area contributed by atoms with Gasteiger partial charge in [0.05, 0.1) is 6.10 Å². The molecular weight excluding hydrogens is 176 g/mol. The van der Waals surface area contributed by atoms with Crippen molar-refractivity contribution >= 4 is 11.0 Å². The van der Waals surface area contributed by atoms with Crippen LogP contribution in [0.4, 0.5) is 0 Å². The first kappa shape index (κ1) is 8.00. The molecule has 0 spiro atoms. The SMILES string of the molecule is O[C@H]1CCc2[nH]c3ncccc3c2C1. The summed E-state index contributed by atoms with van der Waals surface area (Å²) in [5, 5.41) is 10.8. The van der Waals surface area contributed by atoms with E-state index in [4.69, 9.17) is 0 Å². The minimum Gasteiger partial charge on any atom is -0.393 e. The van der Waals surface area contributed by atoms with Crippen molar-refractivity contribution in [1.29, 1.82) is 0 Å². The molecule has 1 aliphatic carbocycles. The van der Waals surface area contributed by atoms with Crippen LogP contribution in [-0.4, -0.2) is 21.2 Å². The molecule has 3 heteroatoms. The number of hydrogen-bond donors (Lipinski definition) is 2. The minimum absolute atomic E-state index is 0.179. The van der Waals surface area contributed by atoms with Crippen LogP contribution < -0.4 is 0 Å². The number of aromatic amines is 1. The fraction of sp³-hybridized carbons (Fsp3) is 0.364. The summed E-state index contributed by atoms with van der Waals surface area (Å²) < 4.78 is 0. The van der Waals surface area contributed by atoms with Crippen LogP contribution in [-0.2, 0) is 12.8 Å². The largest absolute Gasteiger partial charge is 0.393 e. The summed E-state index contributed by atoms with van der Waals surface area (Å²) in [6.45, 7) is 0. The van der Waals surface area contributed by atoms with Crippen molar-refractivity contribution in [1.82, 2.24) is 9.97 Å². The lowest BCUT2D eigenvalue weighted by molar-refractivity contribution is 0.158. The topological polar surface area (TPSA) is 48.9 Å². The van der Waals surface area contributed by atoms with E-state index in [1.807, 2.05) is 6.07 Å². The number of aliphatic hydroxyl groups excluding tert-OH is 1. The van der Waals surface area contributed by atoms with Crippen molar-refractivity contribution in [3.05, 3.63) is 29.6 Å². The fourth-order valence-corrected chi connectivity index (χ4v) is 2.22. The van der Waals surface area contributed by atoms with E-state index in [1.54, 1.807) is 6.20 Å². The maximum atomic E-state index is 9.60. The zero-order valence-corrected chi connectivity index (χ0v) is 7.83. The molecule has 0 aromatic carbocycles. The summed E-state index contributed by atoms with van der Waals surface area (Å²) in [6, 6.07) is 4.01. The summed E-state index contributed by atoms with van der Waals surface area (Å²) in [6.07, 6.45) is 4.18. The molecule has 0 fully saturated rings. The molecule has 0 unspecified atom stereocenters. The summed E-state index contributed by atoms with van der Waals surface area (Å²) >= 11 is 0. The predicted molar refractivity (Wildman–Crippen MR) is 54.1 cm³/mol. The number of rotatable bonds is 0. The van der Waals surface area contributed by atoms with Gasteiger partial charge in [-0.15, -0.1) is 0 Å². The van der Waals surface area contributed by atoms with E-state index in [2.05, 4.69) is 16.0 Å². The van der Waals surface area contributed by atoms with Crippen LogP contribution in [0.3, 0.4) is 0 Å². The van der Waals surface area contributed by atoms with Crippen molar-refractivity contribution in [2.45, 2.75) is 25.4 Å². The van der Waals surface area contributed by atoms with Crippen molar-refractivity contribution in [2.24, 2.45) is 0 Å². The molecule has 0 bridgehead atoms. The number of fused-ring (bicyclic) bond motifs is 3. The molecule has 0 saturated carbocycles. The molecule has 0 aliphatic heterocycles. The highest BCUT2D eigenvalue weighted by molar-refractivity contribution is 5.81. The normalized spacial score (nSPS) is 21.1. The van der Waals surface area contributed by atoms with Gasteiger partial charge in [0.15, 0.2) is 0 Å². The van der Waals surface area contributed by atoms with Gasteiger partial charge in [0, 0.05) is 23.7 Å². The Labute approximate surface area is 81.8 Å². The molecule has 2 N–H and O–H groups in total. The van der Waals surface area contributed by atoms with Crippen LogP contribution in [0.5, 0.6) is 0 Å². The third-order valence-electron chi connectivity index (χ3n) is 2.93. The zero-order valence-electron chi connectivity index (χ0n) is 7.83. The molecule has 14 heavy (non-hydrogen) atoms. The molecule has 3 nitrogen and oxygen atoms in total.